The number of para-hydroxylation sites is 1. The highest BCUT2D eigenvalue weighted by molar-refractivity contribution is 6.00. The molecule has 8 heteroatoms. The van der Waals surface area contributed by atoms with Crippen molar-refractivity contribution in [2.45, 2.75) is 18.9 Å². The second-order valence-electron chi connectivity index (χ2n) is 6.68. The van der Waals surface area contributed by atoms with E-state index in [0.717, 1.165) is 11.3 Å². The van der Waals surface area contributed by atoms with Crippen LogP contribution in [0.2, 0.25) is 0 Å². The predicted octanol–water partition coefficient (Wildman–Crippen LogP) is 2.26. The van der Waals surface area contributed by atoms with Gasteiger partial charge in [-0.15, -0.1) is 0 Å². The number of rotatable bonds is 5. The van der Waals surface area contributed by atoms with Gasteiger partial charge in [-0.3, -0.25) is 19.4 Å². The fraction of sp³-hybridized carbons (Fsp3) is 0.143. The molecule has 1 aliphatic rings. The minimum Gasteiger partial charge on any atom is -0.351 e. The normalized spacial score (nSPS) is 15.2. The van der Waals surface area contributed by atoms with E-state index in [-0.39, 0.29) is 35.6 Å². The van der Waals surface area contributed by atoms with Gasteiger partial charge < -0.3 is 16.0 Å². The van der Waals surface area contributed by atoms with E-state index < -0.39 is 11.5 Å². The van der Waals surface area contributed by atoms with Crippen molar-refractivity contribution < 1.29 is 9.59 Å². The third-order valence-corrected chi connectivity index (χ3v) is 4.61. The molecule has 0 fully saturated rings. The van der Waals surface area contributed by atoms with Crippen molar-refractivity contribution in [1.82, 2.24) is 15.3 Å². The Labute approximate surface area is 166 Å². The molecule has 1 unspecified atom stereocenters. The van der Waals surface area contributed by atoms with Crippen LogP contribution < -0.4 is 21.5 Å². The van der Waals surface area contributed by atoms with Gasteiger partial charge in [0.15, 0.2) is 0 Å². The summed E-state index contributed by atoms with van der Waals surface area (Å²) in [7, 11) is 0. The van der Waals surface area contributed by atoms with Crippen molar-refractivity contribution in [2.24, 2.45) is 0 Å². The molecule has 0 radical (unpaired) electrons. The Morgan fingerprint density at radius 2 is 1.72 bits per heavy atom. The van der Waals surface area contributed by atoms with Crippen LogP contribution in [0, 0.1) is 0 Å². The topological polar surface area (TPSA) is 116 Å². The van der Waals surface area contributed by atoms with Gasteiger partial charge in [-0.05, 0) is 17.7 Å². The standard InChI is InChI=1S/C21H19N5O3/c27-16-11-15(19(28)22-12-13-7-3-1-4-8-13)17-18(24-16)25-21(26-20(17)29)23-14-9-5-2-6-10-14/h1-10,15H,11-12H2,(H,22,28)(H3,23,24,25,26,27,29). The highest BCUT2D eigenvalue weighted by atomic mass is 16.2. The molecule has 0 aliphatic carbocycles. The lowest BCUT2D eigenvalue weighted by molar-refractivity contribution is -0.126. The van der Waals surface area contributed by atoms with Crippen molar-refractivity contribution >= 4 is 29.3 Å². The molecule has 1 aliphatic heterocycles. The molecule has 1 aromatic heterocycles. The van der Waals surface area contributed by atoms with E-state index in [1.807, 2.05) is 60.7 Å². The molecular formula is C21H19N5O3. The Morgan fingerprint density at radius 1 is 1.03 bits per heavy atom. The third kappa shape index (κ3) is 4.16. The first kappa shape index (κ1) is 18.4. The van der Waals surface area contributed by atoms with E-state index in [4.69, 9.17) is 0 Å². The fourth-order valence-electron chi connectivity index (χ4n) is 3.22. The second-order valence-corrected chi connectivity index (χ2v) is 6.68. The summed E-state index contributed by atoms with van der Waals surface area (Å²) in [4.78, 5) is 44.5. The molecule has 0 spiro atoms. The summed E-state index contributed by atoms with van der Waals surface area (Å²) >= 11 is 0. The predicted molar refractivity (Wildman–Crippen MR) is 109 cm³/mol. The number of hydrogen-bond donors (Lipinski definition) is 4. The molecule has 29 heavy (non-hydrogen) atoms. The van der Waals surface area contributed by atoms with Gasteiger partial charge >= 0.3 is 0 Å². The van der Waals surface area contributed by atoms with Crippen LogP contribution in [0.3, 0.4) is 0 Å². The molecule has 2 amide bonds. The lowest BCUT2D eigenvalue weighted by Crippen LogP contribution is -2.39. The smallest absolute Gasteiger partial charge is 0.258 e. The number of aromatic amines is 1. The summed E-state index contributed by atoms with van der Waals surface area (Å²) in [5, 5.41) is 8.37. The van der Waals surface area contributed by atoms with Crippen LogP contribution in [0.5, 0.6) is 0 Å². The molecule has 3 aromatic rings. The number of anilines is 3. The maximum atomic E-state index is 12.7. The van der Waals surface area contributed by atoms with Crippen LogP contribution in [-0.2, 0) is 16.1 Å². The summed E-state index contributed by atoms with van der Waals surface area (Å²) in [5.74, 6) is -1.36. The zero-order chi connectivity index (χ0) is 20.2. The number of hydrogen-bond acceptors (Lipinski definition) is 5. The highest BCUT2D eigenvalue weighted by Crippen LogP contribution is 2.29. The number of amides is 2. The number of nitrogens with zero attached hydrogens (tertiary/aromatic N) is 1. The summed E-state index contributed by atoms with van der Waals surface area (Å²) in [6, 6.07) is 18.6. The molecule has 4 rings (SSSR count). The van der Waals surface area contributed by atoms with E-state index in [1.54, 1.807) is 0 Å². The third-order valence-electron chi connectivity index (χ3n) is 4.61. The first-order valence-electron chi connectivity index (χ1n) is 9.18. The van der Waals surface area contributed by atoms with Gasteiger partial charge in [-0.25, -0.2) is 0 Å². The van der Waals surface area contributed by atoms with E-state index in [9.17, 15) is 14.4 Å². The summed E-state index contributed by atoms with van der Waals surface area (Å²) in [6.45, 7) is 0.312. The van der Waals surface area contributed by atoms with Crippen molar-refractivity contribution in [3.05, 3.63) is 82.1 Å². The molecular weight excluding hydrogens is 370 g/mol. The van der Waals surface area contributed by atoms with Gasteiger partial charge in [0.2, 0.25) is 17.8 Å². The number of benzene rings is 2. The quantitative estimate of drug-likeness (QED) is 0.534. The zero-order valence-electron chi connectivity index (χ0n) is 15.4. The Balaban J connectivity index is 1.58. The van der Waals surface area contributed by atoms with Gasteiger partial charge in [0.25, 0.3) is 5.56 Å². The Kier molecular flexibility index (Phi) is 5.07. The van der Waals surface area contributed by atoms with E-state index in [1.165, 1.54) is 0 Å². The number of fused-ring (bicyclic) bond motifs is 1. The van der Waals surface area contributed by atoms with Crippen molar-refractivity contribution in [3.8, 4) is 0 Å². The first-order valence-corrected chi connectivity index (χ1v) is 9.18. The molecule has 1 atom stereocenters. The molecule has 146 valence electrons. The van der Waals surface area contributed by atoms with Crippen LogP contribution in [0.1, 0.15) is 23.5 Å². The first-order chi connectivity index (χ1) is 14.1. The monoisotopic (exact) mass is 389 g/mol. The average Bonchev–Trinajstić information content (AvgIpc) is 2.72. The largest absolute Gasteiger partial charge is 0.351 e. The SMILES string of the molecule is O=C1CC(C(=O)NCc2ccccc2)c2c(nc(Nc3ccccc3)[nH]c2=O)N1. The van der Waals surface area contributed by atoms with Gasteiger partial charge in [-0.2, -0.15) is 4.98 Å². The van der Waals surface area contributed by atoms with Crippen molar-refractivity contribution in [1.29, 1.82) is 0 Å². The Bertz CT molecular complexity index is 1100. The summed E-state index contributed by atoms with van der Waals surface area (Å²) in [5.41, 5.74) is 1.35. The Hall–Kier alpha value is -3.94. The molecule has 0 bridgehead atoms. The molecule has 4 N–H and O–H groups in total. The highest BCUT2D eigenvalue weighted by Gasteiger charge is 2.34. The average molecular weight is 389 g/mol. The number of nitrogens with one attached hydrogen (secondary N) is 4. The lowest BCUT2D eigenvalue weighted by Gasteiger charge is -2.23. The van der Waals surface area contributed by atoms with Crippen molar-refractivity contribution in [2.75, 3.05) is 10.6 Å². The van der Waals surface area contributed by atoms with Gasteiger partial charge in [0, 0.05) is 18.7 Å². The maximum absolute atomic E-state index is 12.7. The van der Waals surface area contributed by atoms with Crippen LogP contribution in [0.4, 0.5) is 17.5 Å². The molecule has 2 aromatic carbocycles. The second kappa shape index (κ2) is 7.97. The van der Waals surface area contributed by atoms with Crippen molar-refractivity contribution in [3.63, 3.8) is 0 Å². The number of aromatic nitrogens is 2. The van der Waals surface area contributed by atoms with Crippen LogP contribution >= 0.6 is 0 Å². The number of carbonyl (C=O) groups is 2. The van der Waals surface area contributed by atoms with Gasteiger partial charge in [0.1, 0.15) is 5.82 Å². The van der Waals surface area contributed by atoms with Crippen LogP contribution in [0.15, 0.2) is 65.5 Å². The summed E-state index contributed by atoms with van der Waals surface area (Å²) in [6.07, 6.45) is -0.107. The number of carbonyl (C=O) groups excluding carboxylic acids is 2. The molecule has 2 heterocycles. The van der Waals surface area contributed by atoms with Gasteiger partial charge in [0.05, 0.1) is 11.5 Å². The van der Waals surface area contributed by atoms with E-state index in [0.29, 0.717) is 6.54 Å². The minimum atomic E-state index is -0.899. The van der Waals surface area contributed by atoms with Crippen LogP contribution in [-0.4, -0.2) is 21.8 Å². The molecule has 0 saturated carbocycles. The van der Waals surface area contributed by atoms with Gasteiger partial charge in [-0.1, -0.05) is 48.5 Å². The lowest BCUT2D eigenvalue weighted by atomic mass is 9.92. The van der Waals surface area contributed by atoms with E-state index in [2.05, 4.69) is 25.9 Å². The molecule has 8 nitrogen and oxygen atoms in total. The molecule has 0 saturated heterocycles. The van der Waals surface area contributed by atoms with E-state index >= 15 is 0 Å². The Morgan fingerprint density at radius 3 is 2.45 bits per heavy atom. The minimum absolute atomic E-state index is 0.100. The summed E-state index contributed by atoms with van der Waals surface area (Å²) < 4.78 is 0. The maximum Gasteiger partial charge on any atom is 0.258 e. The fourth-order valence-corrected chi connectivity index (χ4v) is 3.22. The number of H-pyrrole nitrogens is 1. The zero-order valence-corrected chi connectivity index (χ0v) is 15.4. The van der Waals surface area contributed by atoms with Crippen LogP contribution in [0.25, 0.3) is 0 Å².